The molecule has 0 saturated carbocycles. The second-order valence-corrected chi connectivity index (χ2v) is 5.99. The highest BCUT2D eigenvalue weighted by atomic mass is 16.2. The zero-order valence-corrected chi connectivity index (χ0v) is 13.9. The zero-order valence-electron chi connectivity index (χ0n) is 13.9. The van der Waals surface area contributed by atoms with Gasteiger partial charge in [0.1, 0.15) is 0 Å². The molecular formula is C17H35NO. The number of carbonyl (C=O) groups is 1. The third-order valence-corrected chi connectivity index (χ3v) is 3.72. The summed E-state index contributed by atoms with van der Waals surface area (Å²) in [5.41, 5.74) is 0. The molecule has 1 heterocycles. The maximum absolute atomic E-state index is 12.3. The van der Waals surface area contributed by atoms with Crippen LogP contribution in [0.3, 0.4) is 0 Å². The number of likely N-dealkylation sites (tertiary alicyclic amines) is 1. The van der Waals surface area contributed by atoms with Gasteiger partial charge in [-0.05, 0) is 31.6 Å². The zero-order chi connectivity index (χ0) is 14.7. The molecule has 2 heteroatoms. The third kappa shape index (κ3) is 7.59. The van der Waals surface area contributed by atoms with E-state index in [4.69, 9.17) is 0 Å². The SMILES string of the molecule is CCC.CCCC(CCC)C(=O)N1CCC(C)CC1. The molecule has 1 amide bonds. The van der Waals surface area contributed by atoms with E-state index < -0.39 is 0 Å². The van der Waals surface area contributed by atoms with Crippen molar-refractivity contribution >= 4 is 5.91 Å². The lowest BCUT2D eigenvalue weighted by Gasteiger charge is -2.33. The molecule has 0 radical (unpaired) electrons. The number of hydrogen-bond acceptors (Lipinski definition) is 1. The van der Waals surface area contributed by atoms with E-state index in [0.29, 0.717) is 11.8 Å². The molecule has 0 aromatic heterocycles. The van der Waals surface area contributed by atoms with Crippen LogP contribution in [0.5, 0.6) is 0 Å². The van der Waals surface area contributed by atoms with Crippen molar-refractivity contribution in [2.45, 2.75) is 79.6 Å². The summed E-state index contributed by atoms with van der Waals surface area (Å²) in [6.07, 6.45) is 8.02. The highest BCUT2D eigenvalue weighted by Crippen LogP contribution is 2.22. The standard InChI is InChI=1S/C14H27NO.C3H8/c1-4-6-13(7-5-2)14(16)15-10-8-12(3)9-11-15;1-3-2/h12-13H,4-11H2,1-3H3;3H2,1-2H3. The van der Waals surface area contributed by atoms with Crippen molar-refractivity contribution in [2.75, 3.05) is 13.1 Å². The number of piperidine rings is 1. The third-order valence-electron chi connectivity index (χ3n) is 3.72. The van der Waals surface area contributed by atoms with E-state index in [0.717, 1.165) is 44.7 Å². The Morgan fingerprint density at radius 3 is 1.84 bits per heavy atom. The van der Waals surface area contributed by atoms with Crippen LogP contribution in [-0.4, -0.2) is 23.9 Å². The monoisotopic (exact) mass is 269 g/mol. The van der Waals surface area contributed by atoms with E-state index in [1.54, 1.807) is 0 Å². The van der Waals surface area contributed by atoms with Crippen molar-refractivity contribution in [3.05, 3.63) is 0 Å². The number of rotatable bonds is 5. The molecule has 0 N–H and O–H groups in total. The topological polar surface area (TPSA) is 20.3 Å². The van der Waals surface area contributed by atoms with Gasteiger partial charge in [0, 0.05) is 19.0 Å². The molecule has 1 aliphatic heterocycles. The summed E-state index contributed by atoms with van der Waals surface area (Å²) in [4.78, 5) is 14.4. The molecule has 0 bridgehead atoms. The molecular weight excluding hydrogens is 234 g/mol. The summed E-state index contributed by atoms with van der Waals surface area (Å²) in [6, 6.07) is 0. The van der Waals surface area contributed by atoms with Gasteiger partial charge in [0.25, 0.3) is 0 Å². The Morgan fingerprint density at radius 2 is 1.47 bits per heavy atom. The first kappa shape index (κ1) is 18.5. The summed E-state index contributed by atoms with van der Waals surface area (Å²) >= 11 is 0. The van der Waals surface area contributed by atoms with Crippen molar-refractivity contribution < 1.29 is 4.79 Å². The van der Waals surface area contributed by atoms with E-state index in [1.807, 2.05) is 0 Å². The summed E-state index contributed by atoms with van der Waals surface area (Å²) < 4.78 is 0. The van der Waals surface area contributed by atoms with Crippen LogP contribution in [0.2, 0.25) is 0 Å². The van der Waals surface area contributed by atoms with Crippen molar-refractivity contribution in [1.29, 1.82) is 0 Å². The van der Waals surface area contributed by atoms with Crippen LogP contribution in [0.1, 0.15) is 79.6 Å². The van der Waals surface area contributed by atoms with Crippen LogP contribution < -0.4 is 0 Å². The van der Waals surface area contributed by atoms with Gasteiger partial charge in [-0.15, -0.1) is 0 Å². The highest BCUT2D eigenvalue weighted by Gasteiger charge is 2.25. The van der Waals surface area contributed by atoms with Crippen LogP contribution >= 0.6 is 0 Å². The van der Waals surface area contributed by atoms with Gasteiger partial charge < -0.3 is 4.90 Å². The average Bonchev–Trinajstić information content (AvgIpc) is 2.39. The molecule has 0 atom stereocenters. The lowest BCUT2D eigenvalue weighted by molar-refractivity contribution is -0.137. The molecule has 0 aliphatic carbocycles. The summed E-state index contributed by atoms with van der Waals surface area (Å²) in [7, 11) is 0. The minimum absolute atomic E-state index is 0.295. The number of amides is 1. The fourth-order valence-electron chi connectivity index (χ4n) is 2.58. The minimum atomic E-state index is 0.295. The Bertz CT molecular complexity index is 213. The molecule has 1 fully saturated rings. The highest BCUT2D eigenvalue weighted by molar-refractivity contribution is 5.78. The van der Waals surface area contributed by atoms with Gasteiger partial charge in [0.05, 0.1) is 0 Å². The van der Waals surface area contributed by atoms with E-state index in [9.17, 15) is 4.79 Å². The smallest absolute Gasteiger partial charge is 0.225 e. The van der Waals surface area contributed by atoms with Crippen molar-refractivity contribution in [3.63, 3.8) is 0 Å². The average molecular weight is 269 g/mol. The Morgan fingerprint density at radius 1 is 1.05 bits per heavy atom. The van der Waals surface area contributed by atoms with Crippen LogP contribution in [0, 0.1) is 11.8 Å². The molecule has 1 rings (SSSR count). The van der Waals surface area contributed by atoms with E-state index in [-0.39, 0.29) is 0 Å². The van der Waals surface area contributed by atoms with Crippen molar-refractivity contribution in [3.8, 4) is 0 Å². The molecule has 2 nitrogen and oxygen atoms in total. The van der Waals surface area contributed by atoms with Crippen molar-refractivity contribution in [2.24, 2.45) is 11.8 Å². The van der Waals surface area contributed by atoms with Gasteiger partial charge in [-0.25, -0.2) is 0 Å². The van der Waals surface area contributed by atoms with E-state index >= 15 is 0 Å². The maximum Gasteiger partial charge on any atom is 0.225 e. The molecule has 1 saturated heterocycles. The first-order valence-corrected chi connectivity index (χ1v) is 8.39. The molecule has 0 spiro atoms. The fourth-order valence-corrected chi connectivity index (χ4v) is 2.58. The summed E-state index contributed by atoms with van der Waals surface area (Å²) in [6.45, 7) is 12.9. The number of carbonyl (C=O) groups excluding carboxylic acids is 1. The molecule has 1 aliphatic rings. The quantitative estimate of drug-likeness (QED) is 0.696. The largest absolute Gasteiger partial charge is 0.342 e. The van der Waals surface area contributed by atoms with Crippen LogP contribution in [0.15, 0.2) is 0 Å². The molecule has 0 aromatic rings. The molecule has 114 valence electrons. The predicted octanol–water partition coefficient (Wildman–Crippen LogP) is 4.88. The Hall–Kier alpha value is -0.530. The van der Waals surface area contributed by atoms with Crippen LogP contribution in [0.25, 0.3) is 0 Å². The van der Waals surface area contributed by atoms with E-state index in [2.05, 4.69) is 39.5 Å². The van der Waals surface area contributed by atoms with Gasteiger partial charge in [0.15, 0.2) is 0 Å². The molecule has 0 unspecified atom stereocenters. The molecule has 0 aromatic carbocycles. The first-order valence-electron chi connectivity index (χ1n) is 8.39. The van der Waals surface area contributed by atoms with Crippen LogP contribution in [-0.2, 0) is 4.79 Å². The van der Waals surface area contributed by atoms with Crippen molar-refractivity contribution in [1.82, 2.24) is 4.90 Å². The second-order valence-electron chi connectivity index (χ2n) is 5.99. The Kier molecular flexibility index (Phi) is 11.0. The minimum Gasteiger partial charge on any atom is -0.342 e. The molecule has 19 heavy (non-hydrogen) atoms. The van der Waals surface area contributed by atoms with Gasteiger partial charge in [-0.2, -0.15) is 0 Å². The summed E-state index contributed by atoms with van der Waals surface area (Å²) in [5.74, 6) is 1.53. The normalized spacial score (nSPS) is 16.2. The van der Waals surface area contributed by atoms with Gasteiger partial charge >= 0.3 is 0 Å². The number of nitrogens with zero attached hydrogens (tertiary/aromatic N) is 1. The Balaban J connectivity index is 0.000000982. The second kappa shape index (κ2) is 11.3. The number of hydrogen-bond donors (Lipinski definition) is 0. The maximum atomic E-state index is 12.3. The van der Waals surface area contributed by atoms with Crippen LogP contribution in [0.4, 0.5) is 0 Å². The van der Waals surface area contributed by atoms with Gasteiger partial charge in [-0.3, -0.25) is 4.79 Å². The predicted molar refractivity (Wildman–Crippen MR) is 84.2 cm³/mol. The lowest BCUT2D eigenvalue weighted by Crippen LogP contribution is -2.41. The lowest BCUT2D eigenvalue weighted by atomic mass is 9.93. The van der Waals surface area contributed by atoms with E-state index in [1.165, 1.54) is 19.3 Å². The fraction of sp³-hybridized carbons (Fsp3) is 0.941. The Labute approximate surface area is 120 Å². The van der Waals surface area contributed by atoms with Gasteiger partial charge in [0.2, 0.25) is 5.91 Å². The first-order chi connectivity index (χ1) is 9.10. The summed E-state index contributed by atoms with van der Waals surface area (Å²) in [5, 5.41) is 0. The van der Waals surface area contributed by atoms with Gasteiger partial charge in [-0.1, -0.05) is 53.9 Å².